The van der Waals surface area contributed by atoms with E-state index in [0.29, 0.717) is 0 Å². The van der Waals surface area contributed by atoms with E-state index in [0.717, 1.165) is 0 Å². The monoisotopic (exact) mass is 1240 g/mol. The Kier molecular flexibility index (Phi) is 30.7. The minimum absolute atomic E-state index is 1.20. The molecule has 0 unspecified atom stereocenters. The fourth-order valence-electron chi connectivity index (χ4n) is 11.2. The number of rotatable bonds is 37. The van der Waals surface area contributed by atoms with Gasteiger partial charge in [0.2, 0.25) is 0 Å². The van der Waals surface area contributed by atoms with Gasteiger partial charge in [-0.25, -0.2) is 97.4 Å². The number of hydrogen-bond donors (Lipinski definition) is 1. The lowest BCUT2D eigenvalue weighted by Crippen LogP contribution is -2.81. The van der Waals surface area contributed by atoms with E-state index in [1.54, 1.807) is 0 Å². The third-order valence-electron chi connectivity index (χ3n) is 15.8. The average Bonchev–Trinajstić information content (AvgIpc) is 0.901. The molecule has 0 saturated carbocycles. The van der Waals surface area contributed by atoms with Crippen molar-refractivity contribution in [2.45, 2.75) is 226 Å². The quantitative estimate of drug-likeness (QED) is 0.0102. The van der Waals surface area contributed by atoms with Gasteiger partial charge in [0.05, 0.1) is 6.54 Å². The second-order valence-electron chi connectivity index (χ2n) is 21.9. The van der Waals surface area contributed by atoms with Crippen molar-refractivity contribution in [3.05, 3.63) is 135 Å². The molecule has 0 bridgehead atoms. The zero-order valence-corrected chi connectivity index (χ0v) is 48.1. The molecule has 0 atom stereocenters. The number of halogens is 20. The first-order chi connectivity index (χ1) is 40.6. The normalized spacial score (nSPS) is 11.8. The van der Waals surface area contributed by atoms with Gasteiger partial charge in [0.25, 0.3) is 5.82 Å². The van der Waals surface area contributed by atoms with Gasteiger partial charge in [0, 0.05) is 6.42 Å². The Bertz CT molecular complexity index is 2510. The predicted molar refractivity (Wildman–Crippen MR) is 288 cm³/mol. The van der Waals surface area contributed by atoms with Crippen molar-refractivity contribution in [3.8, 4) is 0 Å². The van der Waals surface area contributed by atoms with Crippen molar-refractivity contribution in [2.75, 3.05) is 0 Å². The van der Waals surface area contributed by atoms with Crippen LogP contribution in [0.25, 0.3) is 0 Å². The molecule has 0 fully saturated rings. The molecule has 0 aliphatic rings. The predicted octanol–water partition coefficient (Wildman–Crippen LogP) is 18.8. The van der Waals surface area contributed by atoms with Crippen LogP contribution >= 0.6 is 0 Å². The van der Waals surface area contributed by atoms with E-state index >= 15 is 35.1 Å². The van der Waals surface area contributed by atoms with E-state index in [1.165, 1.54) is 218 Å². The Labute approximate surface area is 484 Å². The highest BCUT2D eigenvalue weighted by Crippen LogP contribution is 2.31. The highest BCUT2D eigenvalue weighted by molar-refractivity contribution is 7.20. The summed E-state index contributed by atoms with van der Waals surface area (Å²) in [6, 6.07) is 0. The van der Waals surface area contributed by atoms with Crippen LogP contribution in [0, 0.1) is 116 Å². The highest BCUT2D eigenvalue weighted by atomic mass is 19.2. The first-order valence-electron chi connectivity index (χ1n) is 29.9. The number of aryl methyl sites for hydroxylation is 2. The van der Waals surface area contributed by atoms with E-state index in [-0.39, 0.29) is 0 Å². The first kappa shape index (κ1) is 72.2. The maximum Gasteiger partial charge on any atom is 0.254 e. The van der Waals surface area contributed by atoms with Gasteiger partial charge < -0.3 is 0 Å². The van der Waals surface area contributed by atoms with Gasteiger partial charge in [-0.2, -0.15) is 0 Å². The van der Waals surface area contributed by atoms with Crippen LogP contribution in [0.1, 0.15) is 219 Å². The zero-order valence-electron chi connectivity index (χ0n) is 48.1. The van der Waals surface area contributed by atoms with Gasteiger partial charge in [-0.05, 0) is 19.3 Å². The summed E-state index contributed by atoms with van der Waals surface area (Å²) in [6.07, 6.45) is 43.2. The summed E-state index contributed by atoms with van der Waals surface area (Å²) >= 11 is 0. The number of nitrogens with zero attached hydrogens (tertiary/aromatic N) is 1. The topological polar surface area (TPSA) is 19.7 Å². The molecule has 0 aliphatic heterocycles. The molecule has 5 aromatic rings. The molecule has 4 aromatic carbocycles. The van der Waals surface area contributed by atoms with Crippen molar-refractivity contribution < 1.29 is 92.4 Å². The fourth-order valence-corrected chi connectivity index (χ4v) is 11.2. The molecular weight excluding hydrogens is 1160 g/mol. The van der Waals surface area contributed by atoms with Gasteiger partial charge in [-0.1, -0.05) is 194 Å². The number of nitrogens with one attached hydrogen (secondary N) is 1. The van der Waals surface area contributed by atoms with Crippen LogP contribution in [-0.2, 0) is 13.0 Å². The van der Waals surface area contributed by atoms with Gasteiger partial charge >= 0.3 is 0 Å². The Morgan fingerprint density at radius 2 is 0.447 bits per heavy atom. The molecule has 2 nitrogen and oxygen atoms in total. The molecule has 1 aromatic heterocycles. The largest absolute Gasteiger partial charge is 0.254 e. The van der Waals surface area contributed by atoms with E-state index in [9.17, 15) is 52.7 Å². The van der Waals surface area contributed by atoms with Crippen LogP contribution in [0.2, 0.25) is 0 Å². The second kappa shape index (κ2) is 36.2. The minimum Gasteiger partial charge on any atom is -0.248 e. The van der Waals surface area contributed by atoms with Crippen LogP contribution in [0.15, 0.2) is 12.4 Å². The number of H-pyrrole nitrogens is 1. The summed E-state index contributed by atoms with van der Waals surface area (Å²) in [5, 5.41) is 0. The summed E-state index contributed by atoms with van der Waals surface area (Å²) in [7, 11) is 0. The lowest BCUT2D eigenvalue weighted by molar-refractivity contribution is -0.703. The number of imidazole rings is 1. The molecule has 1 N–H and O–H groups in total. The standard InChI is InChI=1S/C38H74N2.C24BF20/c1-3-5-7-9-11-13-15-17-19-20-22-24-26-28-30-32-34-38-39-35-37-40(38)36-33-31-29-27-25-23-21-18-16-14-12-10-8-6-4-2;26-5-1(6(27)14(35)21(42)13(5)34)25(2-7(28)15(36)22(43)16(37)8(2)29,3-9(30)17(38)23(44)18(39)10(3)31)4-11(32)19(40)24(45)20(41)12(4)33/h35,37H,3-34,36H2,1-2H3;/q;-1/p+1. The van der Waals surface area contributed by atoms with E-state index in [4.69, 9.17) is 0 Å². The number of hydrogen-bond acceptors (Lipinski definition) is 0. The molecule has 23 heteroatoms. The van der Waals surface area contributed by atoms with Crippen LogP contribution in [-0.4, -0.2) is 11.1 Å². The highest BCUT2D eigenvalue weighted by Gasteiger charge is 2.52. The summed E-state index contributed by atoms with van der Waals surface area (Å²) in [6.45, 7) is 5.82. The molecule has 0 spiro atoms. The average molecular weight is 1240 g/mol. The fraction of sp³-hybridized carbons (Fsp3) is 0.565. The Morgan fingerprint density at radius 3 is 0.671 bits per heavy atom. The lowest BCUT2D eigenvalue weighted by Gasteiger charge is -2.44. The van der Waals surface area contributed by atoms with Gasteiger partial charge in [0.1, 0.15) is 65.1 Å². The molecule has 0 radical (unpaired) electrons. The van der Waals surface area contributed by atoms with Crippen molar-refractivity contribution in [1.82, 2.24) is 4.98 Å². The third-order valence-corrected chi connectivity index (χ3v) is 15.8. The number of unbranched alkanes of at least 4 members (excludes halogenated alkanes) is 29. The molecule has 0 saturated heterocycles. The molecule has 0 aliphatic carbocycles. The molecular formula is C62H75BF20N2. The number of aromatic amines is 1. The summed E-state index contributed by atoms with van der Waals surface area (Å²) in [5.74, 6) is -70.0. The minimum atomic E-state index is -7.22. The summed E-state index contributed by atoms with van der Waals surface area (Å²) < 4.78 is 296. The first-order valence-corrected chi connectivity index (χ1v) is 29.9. The van der Waals surface area contributed by atoms with E-state index in [1.807, 2.05) is 0 Å². The maximum absolute atomic E-state index is 15.4. The lowest BCUT2D eigenvalue weighted by atomic mass is 9.12. The van der Waals surface area contributed by atoms with Crippen molar-refractivity contribution in [2.24, 2.45) is 0 Å². The van der Waals surface area contributed by atoms with Gasteiger partial charge in [0.15, 0.2) is 69.8 Å². The Morgan fingerprint density at radius 1 is 0.259 bits per heavy atom. The molecule has 85 heavy (non-hydrogen) atoms. The molecule has 5 rings (SSSR count). The zero-order chi connectivity index (χ0) is 63.0. The molecule has 1 heterocycles. The summed E-state index contributed by atoms with van der Waals surface area (Å²) in [5.41, 5.74) is -14.3. The van der Waals surface area contributed by atoms with Crippen molar-refractivity contribution >= 4 is 28.0 Å². The number of aromatic nitrogens is 2. The van der Waals surface area contributed by atoms with Gasteiger partial charge in [-0.15, -0.1) is 21.9 Å². The second-order valence-corrected chi connectivity index (χ2v) is 21.9. The maximum atomic E-state index is 15.4. The van der Waals surface area contributed by atoms with E-state index in [2.05, 4.69) is 35.8 Å². The van der Waals surface area contributed by atoms with Crippen LogP contribution in [0.5, 0.6) is 0 Å². The number of benzene rings is 4. The Hall–Kier alpha value is -5.25. The SMILES string of the molecule is CCCCCCCCCCCCCCCCCCc1[nH]cc[n+]1CCCCCCCCCCCCCCCCC.Fc1c(F)c(F)c([B-](c2c(F)c(F)c(F)c(F)c2F)(c2c(F)c(F)c(F)c(F)c2F)c2c(F)c(F)c(F)c(F)c2F)c(F)c1F. The summed E-state index contributed by atoms with van der Waals surface area (Å²) in [4.78, 5) is 3.52. The van der Waals surface area contributed by atoms with Crippen LogP contribution in [0.3, 0.4) is 0 Å². The third kappa shape index (κ3) is 18.2. The van der Waals surface area contributed by atoms with Crippen molar-refractivity contribution in [1.29, 1.82) is 0 Å². The van der Waals surface area contributed by atoms with Crippen LogP contribution < -0.4 is 26.4 Å². The molecule has 0 amide bonds. The smallest absolute Gasteiger partial charge is 0.248 e. The molecule has 476 valence electrons. The van der Waals surface area contributed by atoms with E-state index < -0.39 is 144 Å². The van der Waals surface area contributed by atoms with Crippen molar-refractivity contribution in [3.63, 3.8) is 0 Å². The van der Waals surface area contributed by atoms with Gasteiger partial charge in [-0.3, -0.25) is 0 Å². The van der Waals surface area contributed by atoms with Crippen LogP contribution in [0.4, 0.5) is 87.8 Å². The Balaban J connectivity index is 0.000000368.